The highest BCUT2D eigenvalue weighted by Crippen LogP contribution is 2.34. The van der Waals surface area contributed by atoms with Gasteiger partial charge >= 0.3 is 0 Å². The van der Waals surface area contributed by atoms with Gasteiger partial charge in [0.25, 0.3) is 5.91 Å². The summed E-state index contributed by atoms with van der Waals surface area (Å²) in [5.41, 5.74) is 1.84. The van der Waals surface area contributed by atoms with Gasteiger partial charge in [0.1, 0.15) is 6.04 Å². The predicted octanol–water partition coefficient (Wildman–Crippen LogP) is 2.20. The Morgan fingerprint density at radius 1 is 1.04 bits per heavy atom. The number of benzene rings is 2. The normalized spacial score (nSPS) is 18.7. The van der Waals surface area contributed by atoms with E-state index < -0.39 is 6.04 Å². The van der Waals surface area contributed by atoms with Crippen LogP contribution in [0.4, 0.5) is 5.69 Å². The minimum Gasteiger partial charge on any atom is -0.454 e. The van der Waals surface area contributed by atoms with Crippen molar-refractivity contribution in [1.82, 2.24) is 4.90 Å². The Kier molecular flexibility index (Phi) is 4.01. The number of ether oxygens (including phenoxy) is 2. The summed E-state index contributed by atoms with van der Waals surface area (Å²) in [6, 6.07) is 14.7. The monoisotopic (exact) mass is 338 g/mol. The Labute approximate surface area is 145 Å². The Hall–Kier alpha value is -3.02. The first-order valence-corrected chi connectivity index (χ1v) is 8.25. The second kappa shape index (κ2) is 6.47. The predicted molar refractivity (Wildman–Crippen MR) is 91.5 cm³/mol. The fourth-order valence-corrected chi connectivity index (χ4v) is 3.10. The quantitative estimate of drug-likeness (QED) is 0.847. The van der Waals surface area contributed by atoms with E-state index in [4.69, 9.17) is 9.47 Å². The average molecular weight is 338 g/mol. The zero-order chi connectivity index (χ0) is 17.2. The number of carbonyl (C=O) groups excluding carboxylic acids is 2. The molecule has 128 valence electrons. The molecule has 6 heteroatoms. The van der Waals surface area contributed by atoms with E-state index in [0.29, 0.717) is 24.5 Å². The molecule has 1 saturated heterocycles. The van der Waals surface area contributed by atoms with Crippen molar-refractivity contribution in [2.45, 2.75) is 18.9 Å². The van der Waals surface area contributed by atoms with Gasteiger partial charge in [0.05, 0.1) is 6.42 Å². The minimum atomic E-state index is -0.538. The summed E-state index contributed by atoms with van der Waals surface area (Å²) < 4.78 is 10.6. The van der Waals surface area contributed by atoms with Gasteiger partial charge in [-0.25, -0.2) is 0 Å². The number of hydrogen-bond donors (Lipinski definition) is 1. The van der Waals surface area contributed by atoms with Crippen molar-refractivity contribution in [3.8, 4) is 11.5 Å². The van der Waals surface area contributed by atoms with Crippen LogP contribution in [0.2, 0.25) is 0 Å². The Morgan fingerprint density at radius 2 is 1.84 bits per heavy atom. The molecule has 0 saturated carbocycles. The molecule has 4 rings (SSSR count). The van der Waals surface area contributed by atoms with Crippen LogP contribution < -0.4 is 14.8 Å². The molecule has 6 nitrogen and oxygen atoms in total. The third-order valence-electron chi connectivity index (χ3n) is 4.42. The van der Waals surface area contributed by atoms with E-state index in [1.54, 1.807) is 12.1 Å². The molecular formula is C19H18N2O4. The number of nitrogens with one attached hydrogen (secondary N) is 1. The van der Waals surface area contributed by atoms with Crippen molar-refractivity contribution in [1.29, 1.82) is 0 Å². The van der Waals surface area contributed by atoms with Gasteiger partial charge < -0.3 is 14.8 Å². The Morgan fingerprint density at radius 3 is 2.68 bits per heavy atom. The number of nitrogens with zero attached hydrogens (tertiary/aromatic N) is 1. The fraction of sp³-hybridized carbons (Fsp3) is 0.263. The van der Waals surface area contributed by atoms with Crippen LogP contribution in [0.25, 0.3) is 0 Å². The molecule has 1 atom stereocenters. The lowest BCUT2D eigenvalue weighted by molar-refractivity contribution is -0.138. The van der Waals surface area contributed by atoms with Gasteiger partial charge in [0.2, 0.25) is 12.7 Å². The largest absolute Gasteiger partial charge is 0.454 e. The molecule has 2 aromatic rings. The van der Waals surface area contributed by atoms with Crippen LogP contribution in [0.1, 0.15) is 12.0 Å². The van der Waals surface area contributed by atoms with Crippen molar-refractivity contribution in [2.24, 2.45) is 0 Å². The number of rotatable bonds is 5. The zero-order valence-corrected chi connectivity index (χ0v) is 13.6. The van der Waals surface area contributed by atoms with Crippen molar-refractivity contribution in [2.75, 3.05) is 18.7 Å². The number of imide groups is 1. The Bertz CT molecular complexity index is 806. The second-order valence-corrected chi connectivity index (χ2v) is 6.09. The number of likely N-dealkylation sites (tertiary alicyclic amines) is 1. The summed E-state index contributed by atoms with van der Waals surface area (Å²) in [6.45, 7) is 0.605. The van der Waals surface area contributed by atoms with Gasteiger partial charge in [0, 0.05) is 18.3 Å². The first kappa shape index (κ1) is 15.5. The van der Waals surface area contributed by atoms with Crippen LogP contribution in [0.15, 0.2) is 48.5 Å². The van der Waals surface area contributed by atoms with Gasteiger partial charge in [-0.1, -0.05) is 30.3 Å². The summed E-state index contributed by atoms with van der Waals surface area (Å²) in [5.74, 6) is 1.00. The third kappa shape index (κ3) is 3.15. The maximum absolute atomic E-state index is 12.6. The molecule has 25 heavy (non-hydrogen) atoms. The van der Waals surface area contributed by atoms with Crippen LogP contribution in [-0.4, -0.2) is 36.1 Å². The first-order valence-electron chi connectivity index (χ1n) is 8.25. The maximum atomic E-state index is 12.6. The van der Waals surface area contributed by atoms with Gasteiger partial charge in [0.15, 0.2) is 11.5 Å². The van der Waals surface area contributed by atoms with E-state index in [1.165, 1.54) is 4.90 Å². The second-order valence-electron chi connectivity index (χ2n) is 6.09. The van der Waals surface area contributed by atoms with Crippen LogP contribution in [0.3, 0.4) is 0 Å². The molecular weight excluding hydrogens is 320 g/mol. The van der Waals surface area contributed by atoms with E-state index in [1.807, 2.05) is 36.4 Å². The molecule has 1 unspecified atom stereocenters. The average Bonchev–Trinajstić information content (AvgIpc) is 3.19. The van der Waals surface area contributed by atoms with Gasteiger partial charge in [-0.3, -0.25) is 14.5 Å². The standard InChI is InChI=1S/C19H18N2O4/c22-18-11-15(20-14-6-7-16-17(10-14)25-12-24-16)19(23)21(18)9-8-13-4-2-1-3-5-13/h1-7,10,15,20H,8-9,11-12H2. The molecule has 0 bridgehead atoms. The molecule has 2 heterocycles. The smallest absolute Gasteiger partial charge is 0.252 e. The highest BCUT2D eigenvalue weighted by molar-refractivity contribution is 6.06. The lowest BCUT2D eigenvalue weighted by Crippen LogP contribution is -2.36. The summed E-state index contributed by atoms with van der Waals surface area (Å²) in [6.07, 6.45) is 0.830. The van der Waals surface area contributed by atoms with Gasteiger partial charge in [-0.2, -0.15) is 0 Å². The van der Waals surface area contributed by atoms with Crippen molar-refractivity contribution < 1.29 is 19.1 Å². The van der Waals surface area contributed by atoms with Crippen LogP contribution in [0, 0.1) is 0 Å². The van der Waals surface area contributed by atoms with Gasteiger partial charge in [-0.05, 0) is 24.1 Å². The highest BCUT2D eigenvalue weighted by Gasteiger charge is 2.38. The number of fused-ring (bicyclic) bond motifs is 1. The summed E-state index contributed by atoms with van der Waals surface area (Å²) >= 11 is 0. The summed E-state index contributed by atoms with van der Waals surface area (Å²) in [7, 11) is 0. The molecule has 1 N–H and O–H groups in total. The van der Waals surface area contributed by atoms with Crippen LogP contribution in [-0.2, 0) is 16.0 Å². The molecule has 2 aliphatic rings. The maximum Gasteiger partial charge on any atom is 0.252 e. The van der Waals surface area contributed by atoms with Crippen LogP contribution in [0.5, 0.6) is 11.5 Å². The lowest BCUT2D eigenvalue weighted by Gasteiger charge is -2.16. The number of anilines is 1. The van der Waals surface area contributed by atoms with Crippen molar-refractivity contribution in [3.05, 3.63) is 54.1 Å². The van der Waals surface area contributed by atoms with E-state index in [-0.39, 0.29) is 25.0 Å². The highest BCUT2D eigenvalue weighted by atomic mass is 16.7. The van der Waals surface area contributed by atoms with E-state index in [0.717, 1.165) is 11.3 Å². The molecule has 1 fully saturated rings. The minimum absolute atomic E-state index is 0.140. The number of hydrogen-bond acceptors (Lipinski definition) is 5. The van der Waals surface area contributed by atoms with E-state index >= 15 is 0 Å². The van der Waals surface area contributed by atoms with E-state index in [2.05, 4.69) is 5.32 Å². The molecule has 0 aliphatic carbocycles. The van der Waals surface area contributed by atoms with Crippen LogP contribution >= 0.6 is 0 Å². The fourth-order valence-electron chi connectivity index (χ4n) is 3.10. The van der Waals surface area contributed by atoms with E-state index in [9.17, 15) is 9.59 Å². The number of amides is 2. The topological polar surface area (TPSA) is 67.9 Å². The van der Waals surface area contributed by atoms with Gasteiger partial charge in [-0.15, -0.1) is 0 Å². The van der Waals surface area contributed by atoms with Crippen molar-refractivity contribution in [3.63, 3.8) is 0 Å². The number of carbonyl (C=O) groups is 2. The molecule has 0 radical (unpaired) electrons. The molecule has 2 amide bonds. The molecule has 0 aromatic heterocycles. The zero-order valence-electron chi connectivity index (χ0n) is 13.6. The lowest BCUT2D eigenvalue weighted by atomic mass is 10.1. The molecule has 0 spiro atoms. The summed E-state index contributed by atoms with van der Waals surface area (Å²) in [4.78, 5) is 26.1. The SMILES string of the molecule is O=C1CC(Nc2ccc3c(c2)OCO3)C(=O)N1CCc1ccccc1. The molecule has 2 aliphatic heterocycles. The van der Waals surface area contributed by atoms with Crippen molar-refractivity contribution >= 4 is 17.5 Å². The summed E-state index contributed by atoms with van der Waals surface area (Å²) in [5, 5.41) is 3.13. The third-order valence-corrected chi connectivity index (χ3v) is 4.42. The molecule has 2 aromatic carbocycles. The first-order chi connectivity index (χ1) is 12.2. The Balaban J connectivity index is 1.40.